The van der Waals surface area contributed by atoms with Crippen molar-refractivity contribution < 1.29 is 0 Å². The molecule has 0 unspecified atom stereocenters. The number of benzene rings is 1. The predicted molar refractivity (Wildman–Crippen MR) is 68.2 cm³/mol. The predicted octanol–water partition coefficient (Wildman–Crippen LogP) is 3.49. The minimum atomic E-state index is -1.41. The van der Waals surface area contributed by atoms with E-state index in [2.05, 4.69) is 50.3 Å². The van der Waals surface area contributed by atoms with Crippen LogP contribution in [0.4, 0.5) is 0 Å². The molecule has 74 valence electrons. The van der Waals surface area contributed by atoms with Gasteiger partial charge in [0.05, 0.1) is 0 Å². The summed E-state index contributed by atoms with van der Waals surface area (Å²) in [5, 5.41) is 2.83. The summed E-state index contributed by atoms with van der Waals surface area (Å²) in [7, 11) is 0. The summed E-state index contributed by atoms with van der Waals surface area (Å²) in [4.78, 5) is 0. The lowest BCUT2D eigenvalue weighted by Crippen LogP contribution is -2.10. The lowest BCUT2D eigenvalue weighted by molar-refractivity contribution is 0.990. The molecule has 0 bridgehead atoms. The summed E-state index contributed by atoms with van der Waals surface area (Å²) in [6.07, 6.45) is 3.50. The van der Waals surface area contributed by atoms with Gasteiger partial charge < -0.3 is 0 Å². The van der Waals surface area contributed by atoms with Gasteiger partial charge >= 0.3 is 0 Å². The smallest absolute Gasteiger partial charge is 0.00908 e. The Bertz CT molecular complexity index is 406. The summed E-state index contributed by atoms with van der Waals surface area (Å²) in [5.41, 5.74) is 0.653. The first-order valence-electron chi connectivity index (χ1n) is 4.98. The Balaban J connectivity index is 2.53. The van der Waals surface area contributed by atoms with Crippen molar-refractivity contribution in [3.05, 3.63) is 41.7 Å². The Morgan fingerprint density at radius 3 is 2.43 bits per heavy atom. The van der Waals surface area contributed by atoms with E-state index in [1.165, 1.54) is 10.6 Å². The van der Waals surface area contributed by atoms with Crippen LogP contribution < -0.4 is 5.30 Å². The molecule has 0 fully saturated rings. The van der Waals surface area contributed by atoms with Gasteiger partial charge in [-0.1, -0.05) is 55.1 Å². The Morgan fingerprint density at radius 2 is 1.93 bits per heavy atom. The average Bonchev–Trinajstić information content (AvgIpc) is 2.49. The number of rotatable bonds is 1. The Labute approximate surface area is 91.0 Å². The maximum absolute atomic E-state index is 5.92. The molecule has 0 spiro atoms. The van der Waals surface area contributed by atoms with E-state index in [1.807, 2.05) is 0 Å². The molecule has 0 nitrogen and oxygen atoms in total. The second-order valence-corrected chi connectivity index (χ2v) is 9.07. The van der Waals surface area contributed by atoms with E-state index in [4.69, 9.17) is 11.8 Å². The largest absolute Gasteiger partial charge is 0.0877 e. The standard InChI is InChI=1S/C12H15PS/c1-10-8-9-11(2)13(10,14)12-6-4-3-5-7-12/h3-8,11H,9H2,1-2H3/t11-,13-/m0/s1. The molecule has 2 rings (SSSR count). The van der Waals surface area contributed by atoms with Gasteiger partial charge in [0, 0.05) is 6.04 Å². The summed E-state index contributed by atoms with van der Waals surface area (Å²) in [6.45, 7) is 4.50. The van der Waals surface area contributed by atoms with E-state index in [-0.39, 0.29) is 0 Å². The molecule has 2 heteroatoms. The summed E-state index contributed by atoms with van der Waals surface area (Å²) in [5.74, 6) is 0. The first-order chi connectivity index (χ1) is 6.65. The van der Waals surface area contributed by atoms with E-state index < -0.39 is 6.04 Å². The second kappa shape index (κ2) is 3.64. The van der Waals surface area contributed by atoms with Crippen LogP contribution in [0.15, 0.2) is 41.7 Å². The van der Waals surface area contributed by atoms with Crippen molar-refractivity contribution in [2.75, 3.05) is 0 Å². The second-order valence-electron chi connectivity index (χ2n) is 3.92. The fourth-order valence-corrected chi connectivity index (χ4v) is 5.93. The summed E-state index contributed by atoms with van der Waals surface area (Å²) < 4.78 is 0. The monoisotopic (exact) mass is 222 g/mol. The Kier molecular flexibility index (Phi) is 2.64. The van der Waals surface area contributed by atoms with Crippen molar-refractivity contribution in [3.63, 3.8) is 0 Å². The minimum Gasteiger partial charge on any atom is -0.0877 e. The van der Waals surface area contributed by atoms with Gasteiger partial charge in [-0.05, 0) is 29.6 Å². The van der Waals surface area contributed by atoms with E-state index >= 15 is 0 Å². The van der Waals surface area contributed by atoms with E-state index in [0.717, 1.165) is 6.42 Å². The Hall–Kier alpha value is -0.390. The van der Waals surface area contributed by atoms with Crippen LogP contribution in [0.5, 0.6) is 0 Å². The summed E-state index contributed by atoms with van der Waals surface area (Å²) >= 11 is 5.92. The zero-order valence-corrected chi connectivity index (χ0v) is 10.3. The molecular weight excluding hydrogens is 207 g/mol. The van der Waals surface area contributed by atoms with E-state index in [9.17, 15) is 0 Å². The van der Waals surface area contributed by atoms with E-state index in [0.29, 0.717) is 5.66 Å². The quantitative estimate of drug-likeness (QED) is 0.655. The SMILES string of the molecule is CC1=CC[C@H](C)[P@]1(=S)c1ccccc1. The zero-order chi connectivity index (χ0) is 10.2. The molecule has 1 aromatic rings. The highest BCUT2D eigenvalue weighted by Gasteiger charge is 2.31. The molecule has 1 aromatic carbocycles. The van der Waals surface area contributed by atoms with Crippen molar-refractivity contribution in [2.24, 2.45) is 0 Å². The fraction of sp³-hybridized carbons (Fsp3) is 0.333. The minimum absolute atomic E-state index is 0.653. The first kappa shape index (κ1) is 10.1. The third kappa shape index (κ3) is 1.39. The van der Waals surface area contributed by atoms with Crippen molar-refractivity contribution in [3.8, 4) is 0 Å². The van der Waals surface area contributed by atoms with Crippen LogP contribution in [-0.4, -0.2) is 5.66 Å². The molecule has 0 amide bonds. The van der Waals surface area contributed by atoms with Gasteiger partial charge in [0.1, 0.15) is 0 Å². The first-order valence-corrected chi connectivity index (χ1v) is 7.85. The normalized spacial score (nSPS) is 31.6. The maximum Gasteiger partial charge on any atom is 0.00908 e. The van der Waals surface area contributed by atoms with Gasteiger partial charge in [-0.25, -0.2) is 0 Å². The fourth-order valence-electron chi connectivity index (χ4n) is 2.08. The van der Waals surface area contributed by atoms with Gasteiger partial charge in [-0.15, -0.1) is 0 Å². The third-order valence-electron chi connectivity index (χ3n) is 3.04. The average molecular weight is 222 g/mol. The molecule has 1 heterocycles. The van der Waals surface area contributed by atoms with Gasteiger partial charge in [0.15, 0.2) is 0 Å². The molecule has 0 aromatic heterocycles. The molecule has 14 heavy (non-hydrogen) atoms. The van der Waals surface area contributed by atoms with Crippen molar-refractivity contribution in [1.29, 1.82) is 0 Å². The lowest BCUT2D eigenvalue weighted by Gasteiger charge is -2.24. The van der Waals surface area contributed by atoms with Crippen LogP contribution in [0.3, 0.4) is 0 Å². The van der Waals surface area contributed by atoms with Crippen LogP contribution in [0.2, 0.25) is 0 Å². The van der Waals surface area contributed by atoms with E-state index in [1.54, 1.807) is 0 Å². The number of hydrogen-bond donors (Lipinski definition) is 0. The maximum atomic E-state index is 5.92. The summed E-state index contributed by atoms with van der Waals surface area (Å²) in [6, 6.07) is 9.24. The molecule has 0 saturated heterocycles. The lowest BCUT2D eigenvalue weighted by atomic mass is 10.3. The molecule has 0 saturated carbocycles. The van der Waals surface area contributed by atoms with Crippen LogP contribution in [-0.2, 0) is 11.8 Å². The molecule has 2 atom stereocenters. The van der Waals surface area contributed by atoms with Crippen LogP contribution in [0.25, 0.3) is 0 Å². The molecule has 0 N–H and O–H groups in total. The van der Waals surface area contributed by atoms with Gasteiger partial charge in [0.2, 0.25) is 0 Å². The van der Waals surface area contributed by atoms with Crippen LogP contribution in [0.1, 0.15) is 20.3 Å². The molecular formula is C12H15PS. The van der Waals surface area contributed by atoms with Crippen molar-refractivity contribution in [2.45, 2.75) is 25.9 Å². The highest BCUT2D eigenvalue weighted by atomic mass is 32.4. The molecule has 1 aliphatic rings. The highest BCUT2D eigenvalue weighted by molar-refractivity contribution is 8.20. The Morgan fingerprint density at radius 1 is 1.29 bits per heavy atom. The number of hydrogen-bond acceptors (Lipinski definition) is 1. The van der Waals surface area contributed by atoms with Crippen molar-refractivity contribution in [1.82, 2.24) is 0 Å². The van der Waals surface area contributed by atoms with Gasteiger partial charge in [0.25, 0.3) is 0 Å². The molecule has 1 aliphatic heterocycles. The van der Waals surface area contributed by atoms with Gasteiger partial charge in [-0.3, -0.25) is 0 Å². The molecule has 0 aliphatic carbocycles. The van der Waals surface area contributed by atoms with Crippen LogP contribution in [0, 0.1) is 0 Å². The van der Waals surface area contributed by atoms with Crippen LogP contribution >= 0.6 is 6.04 Å². The molecule has 0 radical (unpaired) electrons. The van der Waals surface area contributed by atoms with Crippen molar-refractivity contribution >= 4 is 23.1 Å². The third-order valence-corrected chi connectivity index (χ3v) is 9.36. The number of allylic oxidation sites excluding steroid dienone is 2. The van der Waals surface area contributed by atoms with Gasteiger partial charge in [-0.2, -0.15) is 0 Å². The highest BCUT2D eigenvalue weighted by Crippen LogP contribution is 2.62. The zero-order valence-electron chi connectivity index (χ0n) is 8.60. The topological polar surface area (TPSA) is 0 Å².